The molecule has 15 heavy (non-hydrogen) atoms. The maximum atomic E-state index is 8.75. The van der Waals surface area contributed by atoms with Gasteiger partial charge in [0.1, 0.15) is 11.8 Å². The van der Waals surface area contributed by atoms with E-state index in [4.69, 9.17) is 32.8 Å². The summed E-state index contributed by atoms with van der Waals surface area (Å²) in [7, 11) is 0. The topological polar surface area (TPSA) is 72.0 Å². The van der Waals surface area contributed by atoms with Crippen molar-refractivity contribution in [3.05, 3.63) is 28.3 Å². The number of aromatic nitrogens is 3. The van der Waals surface area contributed by atoms with Crippen LogP contribution in [-0.4, -0.2) is 20.2 Å². The second-order valence-electron chi connectivity index (χ2n) is 2.67. The lowest BCUT2D eigenvalue weighted by atomic mass is 10.3. The third kappa shape index (κ3) is 2.09. The predicted octanol–water partition coefficient (Wildman–Crippen LogP) is 1.93. The van der Waals surface area contributed by atoms with Crippen LogP contribution in [0.25, 0.3) is 11.5 Å². The molecule has 0 radical (unpaired) electrons. The summed E-state index contributed by atoms with van der Waals surface area (Å²) in [6, 6.07) is 1.56. The number of nitrogens with zero attached hydrogens (tertiary/aromatic N) is 3. The fourth-order valence-electron chi connectivity index (χ4n) is 0.974. The minimum Gasteiger partial charge on any atom is -0.388 e. The number of hydrogen-bond donors (Lipinski definition) is 1. The van der Waals surface area contributed by atoms with E-state index in [1.807, 2.05) is 0 Å². The summed E-state index contributed by atoms with van der Waals surface area (Å²) in [6.07, 6.45) is 1.46. The van der Waals surface area contributed by atoms with Crippen LogP contribution in [0.15, 0.2) is 16.8 Å². The largest absolute Gasteiger partial charge is 0.388 e. The molecule has 7 heteroatoms. The van der Waals surface area contributed by atoms with Gasteiger partial charge in [-0.1, -0.05) is 28.4 Å². The Morgan fingerprint density at radius 1 is 1.40 bits per heavy atom. The molecule has 0 spiro atoms. The molecule has 2 heterocycles. The average molecular weight is 246 g/mol. The van der Waals surface area contributed by atoms with Gasteiger partial charge in [0, 0.05) is 6.20 Å². The first-order valence-corrected chi connectivity index (χ1v) is 4.71. The van der Waals surface area contributed by atoms with Crippen molar-refractivity contribution < 1.29 is 9.63 Å². The van der Waals surface area contributed by atoms with Crippen LogP contribution >= 0.6 is 23.2 Å². The summed E-state index contributed by atoms with van der Waals surface area (Å²) in [5.74, 6) is 0.446. The second kappa shape index (κ2) is 4.14. The van der Waals surface area contributed by atoms with Crippen LogP contribution in [0.1, 0.15) is 5.82 Å². The zero-order valence-corrected chi connectivity index (χ0v) is 8.83. The van der Waals surface area contributed by atoms with Crippen molar-refractivity contribution in [2.75, 3.05) is 0 Å². The Morgan fingerprint density at radius 3 is 2.80 bits per heavy atom. The highest BCUT2D eigenvalue weighted by molar-refractivity contribution is 6.41. The molecule has 0 saturated carbocycles. The molecule has 0 aliphatic carbocycles. The Hall–Kier alpha value is -1.17. The van der Waals surface area contributed by atoms with E-state index in [0.717, 1.165) is 0 Å². The first kappa shape index (κ1) is 10.4. The van der Waals surface area contributed by atoms with Crippen molar-refractivity contribution in [3.63, 3.8) is 0 Å². The average Bonchev–Trinajstić information content (AvgIpc) is 2.70. The lowest BCUT2D eigenvalue weighted by molar-refractivity contribution is 0.264. The Morgan fingerprint density at radius 2 is 2.20 bits per heavy atom. The molecule has 0 amide bonds. The SMILES string of the molecule is OCc1noc(-c2cnc(Cl)c(Cl)c2)n1. The van der Waals surface area contributed by atoms with Crippen LogP contribution in [0, 0.1) is 0 Å². The van der Waals surface area contributed by atoms with Gasteiger partial charge in [0.2, 0.25) is 0 Å². The molecule has 1 N–H and O–H groups in total. The first-order valence-electron chi connectivity index (χ1n) is 3.95. The van der Waals surface area contributed by atoms with E-state index in [9.17, 15) is 0 Å². The summed E-state index contributed by atoms with van der Waals surface area (Å²) in [6.45, 7) is -0.280. The van der Waals surface area contributed by atoms with Crippen LogP contribution in [0.2, 0.25) is 10.2 Å². The molecule has 2 rings (SSSR count). The highest BCUT2D eigenvalue weighted by Gasteiger charge is 2.10. The molecule has 0 aliphatic rings. The fraction of sp³-hybridized carbons (Fsp3) is 0.125. The van der Waals surface area contributed by atoms with Gasteiger partial charge in [0.15, 0.2) is 5.82 Å². The summed E-state index contributed by atoms with van der Waals surface area (Å²) in [5, 5.41) is 12.8. The molecule has 0 aliphatic heterocycles. The smallest absolute Gasteiger partial charge is 0.259 e. The number of aliphatic hydroxyl groups is 1. The van der Waals surface area contributed by atoms with Gasteiger partial charge in [-0.15, -0.1) is 0 Å². The molecule has 78 valence electrons. The number of rotatable bonds is 2. The van der Waals surface area contributed by atoms with Crippen LogP contribution in [-0.2, 0) is 6.61 Å². The Labute approximate surface area is 94.7 Å². The van der Waals surface area contributed by atoms with Gasteiger partial charge in [-0.25, -0.2) is 4.98 Å². The number of hydrogen-bond acceptors (Lipinski definition) is 5. The summed E-state index contributed by atoms with van der Waals surface area (Å²) in [5.41, 5.74) is 0.552. The predicted molar refractivity (Wildman–Crippen MR) is 53.5 cm³/mol. The minimum absolute atomic E-state index is 0.205. The van der Waals surface area contributed by atoms with Crippen molar-refractivity contribution in [1.29, 1.82) is 0 Å². The molecule has 0 fully saturated rings. The Bertz CT molecular complexity index is 486. The Balaban J connectivity index is 2.40. The Kier molecular flexibility index (Phi) is 2.86. The van der Waals surface area contributed by atoms with Gasteiger partial charge in [0.05, 0.1) is 10.6 Å². The third-order valence-corrected chi connectivity index (χ3v) is 2.34. The van der Waals surface area contributed by atoms with E-state index in [2.05, 4.69) is 15.1 Å². The van der Waals surface area contributed by atoms with Gasteiger partial charge in [0.25, 0.3) is 5.89 Å². The van der Waals surface area contributed by atoms with E-state index in [-0.39, 0.29) is 23.5 Å². The van der Waals surface area contributed by atoms with Crippen molar-refractivity contribution in [2.24, 2.45) is 0 Å². The van der Waals surface area contributed by atoms with Gasteiger partial charge >= 0.3 is 0 Å². The van der Waals surface area contributed by atoms with Gasteiger partial charge < -0.3 is 9.63 Å². The van der Waals surface area contributed by atoms with Crippen molar-refractivity contribution in [3.8, 4) is 11.5 Å². The van der Waals surface area contributed by atoms with E-state index < -0.39 is 0 Å². The summed E-state index contributed by atoms with van der Waals surface area (Å²) in [4.78, 5) is 7.73. The zero-order valence-electron chi connectivity index (χ0n) is 7.31. The number of pyridine rings is 1. The first-order chi connectivity index (χ1) is 7.20. The maximum Gasteiger partial charge on any atom is 0.259 e. The van der Waals surface area contributed by atoms with Crippen molar-refractivity contribution in [1.82, 2.24) is 15.1 Å². The standard InChI is InChI=1S/C8H5Cl2N3O2/c9-5-1-4(2-11-7(5)10)8-12-6(3-14)13-15-8/h1-2,14H,3H2. The van der Waals surface area contributed by atoms with E-state index in [0.29, 0.717) is 10.6 Å². The van der Waals surface area contributed by atoms with Crippen LogP contribution in [0.5, 0.6) is 0 Å². The van der Waals surface area contributed by atoms with Gasteiger partial charge in [-0.3, -0.25) is 0 Å². The molecule has 0 bridgehead atoms. The highest BCUT2D eigenvalue weighted by atomic mass is 35.5. The normalized spacial score (nSPS) is 10.6. The van der Waals surface area contributed by atoms with Crippen LogP contribution in [0.3, 0.4) is 0 Å². The van der Waals surface area contributed by atoms with Crippen LogP contribution in [0.4, 0.5) is 0 Å². The van der Waals surface area contributed by atoms with Crippen molar-refractivity contribution >= 4 is 23.2 Å². The molecule has 5 nitrogen and oxygen atoms in total. The minimum atomic E-state index is -0.280. The van der Waals surface area contributed by atoms with E-state index in [1.54, 1.807) is 6.07 Å². The monoisotopic (exact) mass is 245 g/mol. The molecular weight excluding hydrogens is 241 g/mol. The quantitative estimate of drug-likeness (QED) is 0.819. The molecule has 2 aromatic heterocycles. The summed E-state index contributed by atoms with van der Waals surface area (Å²) >= 11 is 11.4. The zero-order chi connectivity index (χ0) is 10.8. The molecule has 0 aromatic carbocycles. The fourth-order valence-corrected chi connectivity index (χ4v) is 1.24. The molecule has 0 unspecified atom stereocenters. The van der Waals surface area contributed by atoms with Crippen molar-refractivity contribution in [2.45, 2.75) is 6.61 Å². The number of halogens is 2. The second-order valence-corrected chi connectivity index (χ2v) is 3.44. The van der Waals surface area contributed by atoms with E-state index in [1.165, 1.54) is 6.20 Å². The van der Waals surface area contributed by atoms with Crippen LogP contribution < -0.4 is 0 Å². The lowest BCUT2D eigenvalue weighted by Gasteiger charge is -1.96. The van der Waals surface area contributed by atoms with Gasteiger partial charge in [-0.05, 0) is 6.07 Å². The summed E-state index contributed by atoms with van der Waals surface area (Å²) < 4.78 is 4.87. The lowest BCUT2D eigenvalue weighted by Crippen LogP contribution is -1.86. The maximum absolute atomic E-state index is 8.75. The van der Waals surface area contributed by atoms with E-state index >= 15 is 0 Å². The third-order valence-electron chi connectivity index (χ3n) is 1.65. The van der Waals surface area contributed by atoms with Gasteiger partial charge in [-0.2, -0.15) is 4.98 Å². The highest BCUT2D eigenvalue weighted by Crippen LogP contribution is 2.25. The number of aliphatic hydroxyl groups excluding tert-OH is 1. The molecule has 0 saturated heterocycles. The molecule has 0 atom stereocenters. The molecular formula is C8H5Cl2N3O2. The molecule has 2 aromatic rings.